The first kappa shape index (κ1) is 36.9. The van der Waals surface area contributed by atoms with Gasteiger partial charge in [-0.05, 0) is 99.7 Å². The van der Waals surface area contributed by atoms with E-state index in [0.717, 1.165) is 11.6 Å². The lowest BCUT2D eigenvalue weighted by molar-refractivity contribution is -0.138. The molecule has 0 aliphatic rings. The monoisotopic (exact) mass is 680 g/mol. The zero-order valence-electron chi connectivity index (χ0n) is 28.2. The van der Waals surface area contributed by atoms with Gasteiger partial charge in [0, 0.05) is 22.9 Å². The molecule has 0 unspecified atom stereocenters. The molecule has 10 nitrogen and oxygen atoms in total. The highest BCUT2D eigenvalue weighted by Crippen LogP contribution is 2.36. The molecule has 4 aromatic carbocycles. The van der Waals surface area contributed by atoms with Gasteiger partial charge in [0.05, 0.1) is 37.6 Å². The van der Waals surface area contributed by atoms with Crippen LogP contribution in [0.25, 0.3) is 10.8 Å². The highest BCUT2D eigenvalue weighted by atomic mass is 16.5. The van der Waals surface area contributed by atoms with E-state index in [0.29, 0.717) is 97.0 Å². The fourth-order valence-electron chi connectivity index (χ4n) is 4.70. The minimum Gasteiger partial charge on any atom is -0.494 e. The Morgan fingerprint density at radius 3 is 1.72 bits per heavy atom. The van der Waals surface area contributed by atoms with Gasteiger partial charge in [-0.15, -0.1) is 0 Å². The Hall–Kier alpha value is -5.90. The molecule has 10 heteroatoms. The predicted octanol–water partition coefficient (Wildman–Crippen LogP) is 7.75. The lowest BCUT2D eigenvalue weighted by atomic mass is 10.0. The van der Waals surface area contributed by atoms with Crippen LogP contribution in [0.5, 0.6) is 23.0 Å². The van der Waals surface area contributed by atoms with E-state index in [1.165, 1.54) is 6.08 Å². The van der Waals surface area contributed by atoms with Crippen molar-refractivity contribution in [1.29, 1.82) is 0 Å². The Morgan fingerprint density at radius 2 is 1.16 bits per heavy atom. The molecule has 0 radical (unpaired) electrons. The molecule has 4 rings (SSSR count). The summed E-state index contributed by atoms with van der Waals surface area (Å²) < 4.78 is 33.1. The molecule has 0 fully saturated rings. The third-order valence-electron chi connectivity index (χ3n) is 7.32. The summed E-state index contributed by atoms with van der Waals surface area (Å²) in [5.74, 6) is -0.0365. The topological polar surface area (TPSA) is 124 Å². The molecule has 260 valence electrons. The van der Waals surface area contributed by atoms with E-state index in [4.69, 9.17) is 28.4 Å². The first-order valence-electron chi connectivity index (χ1n) is 16.3. The smallest absolute Gasteiger partial charge is 0.343 e. The van der Waals surface area contributed by atoms with Gasteiger partial charge in [-0.2, -0.15) is 0 Å². The molecular formula is C40H40O10. The number of hydrogen-bond donors (Lipinski definition) is 0. The van der Waals surface area contributed by atoms with Crippen LogP contribution in [0, 0.1) is 6.92 Å². The fraction of sp³-hybridized carbons (Fsp3) is 0.250. The molecule has 0 aliphatic heterocycles. The summed E-state index contributed by atoms with van der Waals surface area (Å²) >= 11 is 0. The first-order valence-corrected chi connectivity index (χ1v) is 16.3. The second-order valence-electron chi connectivity index (χ2n) is 11.0. The molecule has 4 aromatic rings. The lowest BCUT2D eigenvalue weighted by Crippen LogP contribution is -2.11. The third-order valence-corrected chi connectivity index (χ3v) is 7.32. The second kappa shape index (κ2) is 19.2. The van der Waals surface area contributed by atoms with Crippen LogP contribution in [-0.4, -0.2) is 50.3 Å². The summed E-state index contributed by atoms with van der Waals surface area (Å²) in [7, 11) is 0. The normalized spacial score (nSPS) is 10.8. The van der Waals surface area contributed by atoms with Crippen LogP contribution in [0.4, 0.5) is 0 Å². The Bertz CT molecular complexity index is 1810. The second-order valence-corrected chi connectivity index (χ2v) is 11.0. The van der Waals surface area contributed by atoms with Gasteiger partial charge in [0.1, 0.15) is 23.0 Å². The number of ether oxygens (including phenoxy) is 6. The van der Waals surface area contributed by atoms with Gasteiger partial charge in [0.15, 0.2) is 0 Å². The lowest BCUT2D eigenvalue weighted by Gasteiger charge is -2.14. The number of carbonyl (C=O) groups excluding carboxylic acids is 4. The maximum atomic E-state index is 13.1. The predicted molar refractivity (Wildman–Crippen MR) is 188 cm³/mol. The van der Waals surface area contributed by atoms with Crippen LogP contribution >= 0.6 is 0 Å². The largest absolute Gasteiger partial charge is 0.494 e. The van der Waals surface area contributed by atoms with E-state index in [2.05, 4.69) is 6.58 Å². The van der Waals surface area contributed by atoms with Crippen LogP contribution in [0.15, 0.2) is 104 Å². The van der Waals surface area contributed by atoms with E-state index in [-0.39, 0.29) is 5.97 Å². The summed E-state index contributed by atoms with van der Waals surface area (Å²) in [6.45, 7) is 8.42. The van der Waals surface area contributed by atoms with Gasteiger partial charge in [-0.1, -0.05) is 36.9 Å². The number of benzene rings is 4. The molecular weight excluding hydrogens is 640 g/mol. The van der Waals surface area contributed by atoms with E-state index < -0.39 is 17.9 Å². The summed E-state index contributed by atoms with van der Waals surface area (Å²) in [4.78, 5) is 48.6. The van der Waals surface area contributed by atoms with Gasteiger partial charge in [0.2, 0.25) is 0 Å². The molecule has 0 amide bonds. The van der Waals surface area contributed by atoms with Crippen molar-refractivity contribution in [3.63, 3.8) is 0 Å². The first-order chi connectivity index (χ1) is 24.3. The molecule has 0 saturated heterocycles. The van der Waals surface area contributed by atoms with Gasteiger partial charge in [-0.25, -0.2) is 19.2 Å². The Kier molecular flexibility index (Phi) is 14.2. The van der Waals surface area contributed by atoms with Crippen LogP contribution < -0.4 is 18.9 Å². The highest BCUT2D eigenvalue weighted by Gasteiger charge is 2.17. The van der Waals surface area contributed by atoms with Crippen molar-refractivity contribution in [3.05, 3.63) is 120 Å². The Balaban J connectivity index is 1.31. The van der Waals surface area contributed by atoms with Crippen molar-refractivity contribution in [3.8, 4) is 23.0 Å². The maximum absolute atomic E-state index is 13.1. The number of aryl methyl sites for hydroxylation is 1. The molecule has 0 aromatic heterocycles. The molecule has 0 aliphatic carbocycles. The van der Waals surface area contributed by atoms with Crippen LogP contribution in [0.3, 0.4) is 0 Å². The van der Waals surface area contributed by atoms with E-state index in [9.17, 15) is 19.2 Å². The van der Waals surface area contributed by atoms with E-state index in [1.807, 2.05) is 13.0 Å². The van der Waals surface area contributed by atoms with Crippen molar-refractivity contribution in [2.75, 3.05) is 26.4 Å². The summed E-state index contributed by atoms with van der Waals surface area (Å²) in [6.07, 6.45) is 6.84. The zero-order valence-corrected chi connectivity index (χ0v) is 28.2. The van der Waals surface area contributed by atoms with Crippen LogP contribution in [0.1, 0.15) is 58.9 Å². The maximum Gasteiger partial charge on any atom is 0.343 e. The molecule has 0 saturated carbocycles. The third kappa shape index (κ3) is 11.1. The van der Waals surface area contributed by atoms with Crippen molar-refractivity contribution in [2.45, 2.75) is 39.5 Å². The summed E-state index contributed by atoms with van der Waals surface area (Å²) in [5.41, 5.74) is 1.41. The average Bonchev–Trinajstić information content (AvgIpc) is 3.12. The van der Waals surface area contributed by atoms with Gasteiger partial charge in [-0.3, -0.25) is 0 Å². The van der Waals surface area contributed by atoms with Gasteiger partial charge in [0.25, 0.3) is 0 Å². The SMILES string of the molecule is C=CC(=O)OCCCCOc1ccc(C(=O)Oc2c(C)ccc3c(OC(=O)c4ccc(OCCCCOC(=O)/C=C/C)cc4)cccc23)cc1. The molecule has 50 heavy (non-hydrogen) atoms. The molecule has 0 heterocycles. The number of rotatable bonds is 18. The van der Waals surface area contributed by atoms with Crippen molar-refractivity contribution >= 4 is 34.6 Å². The van der Waals surface area contributed by atoms with Gasteiger partial charge < -0.3 is 28.4 Å². The highest BCUT2D eigenvalue weighted by molar-refractivity contribution is 6.00. The minimum atomic E-state index is -0.551. The molecule has 0 atom stereocenters. The van der Waals surface area contributed by atoms with Crippen molar-refractivity contribution < 1.29 is 47.6 Å². The van der Waals surface area contributed by atoms with Gasteiger partial charge >= 0.3 is 23.9 Å². The Morgan fingerprint density at radius 1 is 0.620 bits per heavy atom. The van der Waals surface area contributed by atoms with Crippen LogP contribution in [-0.2, 0) is 19.1 Å². The average molecular weight is 681 g/mol. The minimum absolute atomic E-state index is 0.295. The summed E-state index contributed by atoms with van der Waals surface area (Å²) in [5, 5.41) is 1.22. The number of esters is 4. The Labute approximate surface area is 291 Å². The van der Waals surface area contributed by atoms with E-state index in [1.54, 1.807) is 85.8 Å². The van der Waals surface area contributed by atoms with E-state index >= 15 is 0 Å². The number of carbonyl (C=O) groups is 4. The zero-order chi connectivity index (χ0) is 35.7. The van der Waals surface area contributed by atoms with Crippen molar-refractivity contribution in [1.82, 2.24) is 0 Å². The summed E-state index contributed by atoms with van der Waals surface area (Å²) in [6, 6.07) is 22.1. The quantitative estimate of drug-likeness (QED) is 0.0446. The molecule has 0 N–H and O–H groups in total. The molecule has 0 spiro atoms. The number of unbranched alkanes of at least 4 members (excludes halogenated alkanes) is 2. The van der Waals surface area contributed by atoms with Crippen LogP contribution in [0.2, 0.25) is 0 Å². The fourth-order valence-corrected chi connectivity index (χ4v) is 4.70. The number of allylic oxidation sites excluding steroid dienone is 1. The number of hydrogen-bond acceptors (Lipinski definition) is 10. The number of fused-ring (bicyclic) bond motifs is 1. The van der Waals surface area contributed by atoms with Crippen molar-refractivity contribution in [2.24, 2.45) is 0 Å². The molecule has 0 bridgehead atoms. The standard InChI is InChI=1S/C40H40O10/c1-4-11-37(42)48-27-9-7-25-46-31-19-15-29(16-20-31)39(43)49-35-13-10-12-34-33(35)23-14-28(3)38(34)50-40(44)30-17-21-32(22-18-30)45-24-6-8-26-47-36(41)5-2/h4-5,10-23H,2,6-9,24-27H2,1,3H3/b11-4+.